The van der Waals surface area contributed by atoms with Crippen molar-refractivity contribution < 1.29 is 4.79 Å². The lowest BCUT2D eigenvalue weighted by atomic mass is 10.1. The molecule has 21 heavy (non-hydrogen) atoms. The number of carbonyl (C=O) groups is 1. The molecule has 2 N–H and O–H groups in total. The van der Waals surface area contributed by atoms with Crippen molar-refractivity contribution in [3.05, 3.63) is 64.6 Å². The van der Waals surface area contributed by atoms with Crippen LogP contribution in [0.15, 0.2) is 53.3 Å². The number of imidazole rings is 1. The second kappa shape index (κ2) is 5.28. The van der Waals surface area contributed by atoms with Crippen molar-refractivity contribution >= 4 is 22.6 Å². The van der Waals surface area contributed by atoms with Crippen molar-refractivity contribution in [1.82, 2.24) is 9.97 Å². The van der Waals surface area contributed by atoms with Gasteiger partial charge in [-0.25, -0.2) is 4.79 Å². The molecule has 106 valence electrons. The topological polar surface area (TPSA) is 69.0 Å². The van der Waals surface area contributed by atoms with Crippen LogP contribution < -0.4 is 10.6 Å². The maximum atomic E-state index is 12.8. The van der Waals surface area contributed by atoms with Crippen molar-refractivity contribution in [3.63, 3.8) is 0 Å². The third-order valence-corrected chi connectivity index (χ3v) is 3.41. The number of nitrogens with zero attached hydrogens (tertiary/aromatic N) is 1. The summed E-state index contributed by atoms with van der Waals surface area (Å²) < 4.78 is 0. The average molecular weight is 281 g/mol. The van der Waals surface area contributed by atoms with E-state index in [2.05, 4.69) is 9.97 Å². The number of hydrogen-bond acceptors (Lipinski definition) is 2. The molecule has 5 nitrogen and oxygen atoms in total. The summed E-state index contributed by atoms with van der Waals surface area (Å²) in [7, 11) is 0. The quantitative estimate of drug-likeness (QED) is 0.774. The largest absolute Gasteiger partial charge is 0.323 e. The minimum absolute atomic E-state index is 0.135. The molecule has 1 aromatic heterocycles. The molecule has 0 saturated carbocycles. The summed E-state index contributed by atoms with van der Waals surface area (Å²) in [6.07, 6.45) is 0. The molecule has 0 radical (unpaired) electrons. The van der Waals surface area contributed by atoms with Crippen LogP contribution in [0.2, 0.25) is 0 Å². The predicted octanol–water partition coefficient (Wildman–Crippen LogP) is 2.52. The Morgan fingerprint density at radius 3 is 2.52 bits per heavy atom. The van der Waals surface area contributed by atoms with Crippen molar-refractivity contribution in [1.29, 1.82) is 0 Å². The molecule has 0 aliphatic carbocycles. The van der Waals surface area contributed by atoms with Crippen LogP contribution in [0.3, 0.4) is 0 Å². The van der Waals surface area contributed by atoms with E-state index in [4.69, 9.17) is 0 Å². The van der Waals surface area contributed by atoms with Crippen LogP contribution in [-0.2, 0) is 0 Å². The molecular weight excluding hydrogens is 266 g/mol. The van der Waals surface area contributed by atoms with Gasteiger partial charge in [0.05, 0.1) is 16.6 Å². The second-order valence-electron chi connectivity index (χ2n) is 4.69. The highest BCUT2D eigenvalue weighted by Crippen LogP contribution is 2.20. The summed E-state index contributed by atoms with van der Waals surface area (Å²) in [6.45, 7) is 2.47. The highest BCUT2D eigenvalue weighted by Gasteiger charge is 2.19. The summed E-state index contributed by atoms with van der Waals surface area (Å²) in [5, 5.41) is 0. The van der Waals surface area contributed by atoms with E-state index < -0.39 is 0 Å². The van der Waals surface area contributed by atoms with E-state index in [0.29, 0.717) is 23.1 Å². The summed E-state index contributed by atoms with van der Waals surface area (Å²) in [6, 6.07) is 14.7. The number of aromatic amines is 2. The first-order chi connectivity index (χ1) is 10.2. The van der Waals surface area contributed by atoms with Crippen LogP contribution >= 0.6 is 0 Å². The number of nitrogens with one attached hydrogen (secondary N) is 2. The molecule has 3 aromatic rings. The third-order valence-electron chi connectivity index (χ3n) is 3.41. The Hall–Kier alpha value is -2.82. The molecular formula is C16H15N3O2. The van der Waals surface area contributed by atoms with E-state index in [0.717, 1.165) is 5.69 Å². The van der Waals surface area contributed by atoms with E-state index in [9.17, 15) is 9.59 Å². The number of hydrogen-bond donors (Lipinski definition) is 2. The highest BCUT2D eigenvalue weighted by atomic mass is 16.2. The summed E-state index contributed by atoms with van der Waals surface area (Å²) >= 11 is 0. The van der Waals surface area contributed by atoms with Crippen LogP contribution in [0.5, 0.6) is 0 Å². The molecule has 0 unspecified atom stereocenters. The van der Waals surface area contributed by atoms with E-state index in [1.807, 2.05) is 37.3 Å². The number of para-hydroxylation sites is 2. The number of rotatable bonds is 3. The van der Waals surface area contributed by atoms with Crippen LogP contribution in [0.25, 0.3) is 11.0 Å². The van der Waals surface area contributed by atoms with Gasteiger partial charge in [-0.1, -0.05) is 24.3 Å². The molecule has 0 aliphatic rings. The van der Waals surface area contributed by atoms with Gasteiger partial charge in [0, 0.05) is 12.2 Å². The highest BCUT2D eigenvalue weighted by molar-refractivity contribution is 6.12. The molecule has 0 fully saturated rings. The van der Waals surface area contributed by atoms with E-state index in [-0.39, 0.29) is 11.6 Å². The number of anilines is 1. The fourth-order valence-corrected chi connectivity index (χ4v) is 2.43. The number of H-pyrrole nitrogens is 2. The normalized spacial score (nSPS) is 10.7. The van der Waals surface area contributed by atoms with Crippen molar-refractivity contribution in [2.75, 3.05) is 11.4 Å². The van der Waals surface area contributed by atoms with Crippen LogP contribution in [0.1, 0.15) is 17.3 Å². The second-order valence-corrected chi connectivity index (χ2v) is 4.69. The van der Waals surface area contributed by atoms with Gasteiger partial charge in [-0.3, -0.25) is 4.79 Å². The molecule has 0 atom stereocenters. The Labute approximate surface area is 121 Å². The summed E-state index contributed by atoms with van der Waals surface area (Å²) in [4.78, 5) is 31.3. The minimum Gasteiger partial charge on any atom is -0.309 e. The Morgan fingerprint density at radius 1 is 1.05 bits per heavy atom. The minimum atomic E-state index is -0.312. The van der Waals surface area contributed by atoms with E-state index >= 15 is 0 Å². The zero-order valence-corrected chi connectivity index (χ0v) is 11.6. The first kappa shape index (κ1) is 13.2. The number of benzene rings is 2. The van der Waals surface area contributed by atoms with Gasteiger partial charge in [-0.15, -0.1) is 0 Å². The fraction of sp³-hybridized carbons (Fsp3) is 0.125. The van der Waals surface area contributed by atoms with Gasteiger partial charge in [0.15, 0.2) is 0 Å². The van der Waals surface area contributed by atoms with Gasteiger partial charge in [-0.2, -0.15) is 0 Å². The van der Waals surface area contributed by atoms with E-state index in [1.54, 1.807) is 23.1 Å². The first-order valence-electron chi connectivity index (χ1n) is 6.78. The van der Waals surface area contributed by atoms with Gasteiger partial charge in [0.1, 0.15) is 0 Å². The number of amides is 1. The zero-order valence-electron chi connectivity index (χ0n) is 11.6. The van der Waals surface area contributed by atoms with Crippen molar-refractivity contribution in [3.8, 4) is 0 Å². The SMILES string of the molecule is CCN(C(=O)c1cccc2[nH]c(=O)[nH]c12)c1ccccc1. The van der Waals surface area contributed by atoms with Gasteiger partial charge in [0.2, 0.25) is 0 Å². The number of fused-ring (bicyclic) bond motifs is 1. The predicted molar refractivity (Wildman–Crippen MR) is 82.7 cm³/mol. The molecule has 0 aliphatic heterocycles. The van der Waals surface area contributed by atoms with Gasteiger partial charge in [-0.05, 0) is 31.2 Å². The van der Waals surface area contributed by atoms with E-state index in [1.165, 1.54) is 0 Å². The van der Waals surface area contributed by atoms with Crippen molar-refractivity contribution in [2.45, 2.75) is 6.92 Å². The number of carbonyl (C=O) groups excluding carboxylic acids is 1. The summed E-state index contributed by atoms with van der Waals surface area (Å²) in [5.41, 5.74) is 2.18. The standard InChI is InChI=1S/C16H15N3O2/c1-2-19(11-7-4-3-5-8-11)15(20)12-9-6-10-13-14(12)18-16(21)17-13/h3-10H,2H2,1H3,(H2,17,18,21). The van der Waals surface area contributed by atoms with Gasteiger partial charge >= 0.3 is 5.69 Å². The Balaban J connectivity index is 2.09. The monoisotopic (exact) mass is 281 g/mol. The van der Waals surface area contributed by atoms with Gasteiger partial charge in [0.25, 0.3) is 5.91 Å². The molecule has 2 aromatic carbocycles. The maximum absolute atomic E-state index is 12.8. The van der Waals surface area contributed by atoms with Crippen LogP contribution in [-0.4, -0.2) is 22.4 Å². The molecule has 1 heterocycles. The molecule has 0 spiro atoms. The maximum Gasteiger partial charge on any atom is 0.323 e. The molecule has 0 saturated heterocycles. The lowest BCUT2D eigenvalue weighted by molar-refractivity contribution is 0.0990. The lowest BCUT2D eigenvalue weighted by Gasteiger charge is -2.21. The first-order valence-corrected chi connectivity index (χ1v) is 6.78. The Bertz CT molecular complexity index is 833. The lowest BCUT2D eigenvalue weighted by Crippen LogP contribution is -2.30. The van der Waals surface area contributed by atoms with Crippen molar-refractivity contribution in [2.24, 2.45) is 0 Å². The Morgan fingerprint density at radius 2 is 1.81 bits per heavy atom. The van der Waals surface area contributed by atoms with Crippen LogP contribution in [0, 0.1) is 0 Å². The molecule has 1 amide bonds. The summed E-state index contributed by atoms with van der Waals surface area (Å²) in [5.74, 6) is -0.135. The molecule has 3 rings (SSSR count). The zero-order chi connectivity index (χ0) is 14.8. The molecule has 0 bridgehead atoms. The fourth-order valence-electron chi connectivity index (χ4n) is 2.43. The number of aromatic nitrogens is 2. The third kappa shape index (κ3) is 2.33. The smallest absolute Gasteiger partial charge is 0.309 e. The van der Waals surface area contributed by atoms with Gasteiger partial charge < -0.3 is 14.9 Å². The van der Waals surface area contributed by atoms with Crippen LogP contribution in [0.4, 0.5) is 5.69 Å². The Kier molecular flexibility index (Phi) is 3.31. The average Bonchev–Trinajstić information content (AvgIpc) is 2.89. The molecule has 5 heteroatoms.